The first kappa shape index (κ1) is 15.7. The zero-order valence-electron chi connectivity index (χ0n) is 13.1. The van der Waals surface area contributed by atoms with Gasteiger partial charge in [-0.1, -0.05) is 30.7 Å². The van der Waals surface area contributed by atoms with Gasteiger partial charge in [0.15, 0.2) is 0 Å². The molecule has 1 aliphatic rings. The van der Waals surface area contributed by atoms with Crippen LogP contribution in [0.25, 0.3) is 0 Å². The van der Waals surface area contributed by atoms with E-state index in [1.54, 1.807) is 0 Å². The maximum absolute atomic E-state index is 11.9. The molecule has 1 aliphatic heterocycles. The van der Waals surface area contributed by atoms with Crippen LogP contribution in [0, 0.1) is 13.8 Å². The quantitative estimate of drug-likeness (QED) is 0.818. The monoisotopic (exact) mass is 288 g/mol. The Morgan fingerprint density at radius 1 is 1.19 bits per heavy atom. The summed E-state index contributed by atoms with van der Waals surface area (Å²) in [6.07, 6.45) is 1.72. The summed E-state index contributed by atoms with van der Waals surface area (Å²) in [6, 6.07) is 6.34. The van der Waals surface area contributed by atoms with E-state index in [1.807, 2.05) is 0 Å². The predicted octanol–water partition coefficient (Wildman–Crippen LogP) is 2.49. The number of likely N-dealkylation sites (tertiary alicyclic amines) is 1. The Kier molecular flexibility index (Phi) is 5.12. The number of benzene rings is 1. The lowest BCUT2D eigenvalue weighted by molar-refractivity contribution is -0.138. The van der Waals surface area contributed by atoms with Gasteiger partial charge in [0.2, 0.25) is 11.8 Å². The third kappa shape index (κ3) is 3.70. The Bertz CT molecular complexity index is 524. The van der Waals surface area contributed by atoms with Gasteiger partial charge in [-0.05, 0) is 37.9 Å². The normalized spacial score (nSPS) is 16.6. The second kappa shape index (κ2) is 6.85. The molecule has 0 aliphatic carbocycles. The molecule has 0 aromatic heterocycles. The van der Waals surface area contributed by atoms with Crippen LogP contribution in [0.4, 0.5) is 0 Å². The Labute approximate surface area is 126 Å². The molecule has 1 saturated heterocycles. The van der Waals surface area contributed by atoms with Gasteiger partial charge in [-0.3, -0.25) is 14.5 Å². The standard InChI is InChI=1S/C17H24N2O2/c1-4-9-18-15(11-19-16(20)7-8-17(19)21)14-10-12(2)5-6-13(14)3/h5-6,10,15,18H,4,7-9,11H2,1-3H3. The Morgan fingerprint density at radius 2 is 1.86 bits per heavy atom. The van der Waals surface area contributed by atoms with Crippen molar-refractivity contribution in [2.45, 2.75) is 46.1 Å². The zero-order chi connectivity index (χ0) is 15.4. The molecule has 0 spiro atoms. The number of rotatable bonds is 6. The summed E-state index contributed by atoms with van der Waals surface area (Å²) < 4.78 is 0. The summed E-state index contributed by atoms with van der Waals surface area (Å²) in [4.78, 5) is 25.1. The summed E-state index contributed by atoms with van der Waals surface area (Å²) in [7, 11) is 0. The molecule has 4 nitrogen and oxygen atoms in total. The van der Waals surface area contributed by atoms with Crippen LogP contribution in [0.5, 0.6) is 0 Å². The fourth-order valence-electron chi connectivity index (χ4n) is 2.74. The third-order valence-corrected chi connectivity index (χ3v) is 3.97. The Morgan fingerprint density at radius 3 is 2.48 bits per heavy atom. The smallest absolute Gasteiger partial charge is 0.229 e. The van der Waals surface area contributed by atoms with Crippen LogP contribution in [-0.2, 0) is 9.59 Å². The molecule has 1 N–H and O–H groups in total. The molecule has 1 heterocycles. The first-order valence-electron chi connectivity index (χ1n) is 7.66. The molecule has 21 heavy (non-hydrogen) atoms. The summed E-state index contributed by atoms with van der Waals surface area (Å²) >= 11 is 0. The maximum Gasteiger partial charge on any atom is 0.229 e. The number of nitrogens with one attached hydrogen (secondary N) is 1. The van der Waals surface area contributed by atoms with E-state index in [0.717, 1.165) is 13.0 Å². The largest absolute Gasteiger partial charge is 0.308 e. The maximum atomic E-state index is 11.9. The minimum Gasteiger partial charge on any atom is -0.308 e. The van der Waals surface area contributed by atoms with E-state index in [9.17, 15) is 9.59 Å². The van der Waals surface area contributed by atoms with Gasteiger partial charge in [0.1, 0.15) is 0 Å². The lowest BCUT2D eigenvalue weighted by Gasteiger charge is -2.25. The molecule has 4 heteroatoms. The van der Waals surface area contributed by atoms with Crippen molar-refractivity contribution in [3.63, 3.8) is 0 Å². The number of imide groups is 1. The summed E-state index contributed by atoms with van der Waals surface area (Å²) in [6.45, 7) is 7.55. The fourth-order valence-corrected chi connectivity index (χ4v) is 2.74. The van der Waals surface area contributed by atoms with Crippen LogP contribution in [0.15, 0.2) is 18.2 Å². The van der Waals surface area contributed by atoms with Crippen LogP contribution in [0.3, 0.4) is 0 Å². The molecule has 0 bridgehead atoms. The zero-order valence-corrected chi connectivity index (χ0v) is 13.1. The molecule has 0 radical (unpaired) electrons. The summed E-state index contributed by atoms with van der Waals surface area (Å²) in [5, 5.41) is 3.48. The van der Waals surface area contributed by atoms with Gasteiger partial charge in [-0.25, -0.2) is 0 Å². The van der Waals surface area contributed by atoms with E-state index in [0.29, 0.717) is 19.4 Å². The molecule has 2 rings (SSSR count). The number of nitrogens with zero attached hydrogens (tertiary/aromatic N) is 1. The van der Waals surface area contributed by atoms with Crippen LogP contribution in [-0.4, -0.2) is 29.8 Å². The first-order valence-corrected chi connectivity index (χ1v) is 7.66. The first-order chi connectivity index (χ1) is 10.0. The molecule has 114 valence electrons. The number of aryl methyl sites for hydroxylation is 2. The van der Waals surface area contributed by atoms with Crippen molar-refractivity contribution in [2.75, 3.05) is 13.1 Å². The highest BCUT2D eigenvalue weighted by Gasteiger charge is 2.31. The van der Waals surface area contributed by atoms with Gasteiger partial charge in [0.25, 0.3) is 0 Å². The van der Waals surface area contributed by atoms with Crippen molar-refractivity contribution >= 4 is 11.8 Å². The van der Waals surface area contributed by atoms with E-state index < -0.39 is 0 Å². The van der Waals surface area contributed by atoms with E-state index >= 15 is 0 Å². The second-order valence-corrected chi connectivity index (χ2v) is 5.76. The third-order valence-electron chi connectivity index (χ3n) is 3.97. The summed E-state index contributed by atoms with van der Waals surface area (Å²) in [5.41, 5.74) is 3.56. The molecule has 2 amide bonds. The molecule has 1 aromatic rings. The van der Waals surface area contributed by atoms with Gasteiger partial charge in [0.05, 0.1) is 6.04 Å². The highest BCUT2D eigenvalue weighted by molar-refractivity contribution is 6.01. The molecule has 1 atom stereocenters. The molecule has 1 unspecified atom stereocenters. The summed E-state index contributed by atoms with van der Waals surface area (Å²) in [5.74, 6) is -0.0952. The lowest BCUT2D eigenvalue weighted by Crippen LogP contribution is -2.38. The average Bonchev–Trinajstić information content (AvgIpc) is 2.77. The number of carbonyl (C=O) groups is 2. The topological polar surface area (TPSA) is 49.4 Å². The van der Waals surface area contributed by atoms with Crippen molar-refractivity contribution in [3.8, 4) is 0 Å². The van der Waals surface area contributed by atoms with Crippen molar-refractivity contribution in [2.24, 2.45) is 0 Å². The molecule has 1 fully saturated rings. The number of carbonyl (C=O) groups excluding carboxylic acids is 2. The number of hydrogen-bond donors (Lipinski definition) is 1. The second-order valence-electron chi connectivity index (χ2n) is 5.76. The van der Waals surface area contributed by atoms with E-state index in [-0.39, 0.29) is 17.9 Å². The molecular weight excluding hydrogens is 264 g/mol. The number of hydrogen-bond acceptors (Lipinski definition) is 3. The van der Waals surface area contributed by atoms with Crippen LogP contribution in [0.1, 0.15) is 48.9 Å². The van der Waals surface area contributed by atoms with Gasteiger partial charge in [0, 0.05) is 19.4 Å². The SMILES string of the molecule is CCCNC(CN1C(=O)CCC1=O)c1cc(C)ccc1C. The van der Waals surface area contributed by atoms with Crippen LogP contribution >= 0.6 is 0 Å². The molecule has 1 aromatic carbocycles. The van der Waals surface area contributed by atoms with Gasteiger partial charge in [-0.2, -0.15) is 0 Å². The predicted molar refractivity (Wildman–Crippen MR) is 82.9 cm³/mol. The van der Waals surface area contributed by atoms with Crippen molar-refractivity contribution in [1.29, 1.82) is 0 Å². The van der Waals surface area contributed by atoms with Crippen molar-refractivity contribution < 1.29 is 9.59 Å². The highest BCUT2D eigenvalue weighted by Crippen LogP contribution is 2.23. The minimum absolute atomic E-state index is 0.0100. The molecular formula is C17H24N2O2. The average molecular weight is 288 g/mol. The van der Waals surface area contributed by atoms with E-state index in [1.165, 1.54) is 21.6 Å². The number of amides is 2. The lowest BCUT2D eigenvalue weighted by atomic mass is 9.98. The van der Waals surface area contributed by atoms with Gasteiger partial charge >= 0.3 is 0 Å². The van der Waals surface area contributed by atoms with Crippen LogP contribution < -0.4 is 5.32 Å². The van der Waals surface area contributed by atoms with E-state index in [4.69, 9.17) is 0 Å². The van der Waals surface area contributed by atoms with Crippen LogP contribution in [0.2, 0.25) is 0 Å². The minimum atomic E-state index is -0.0476. The van der Waals surface area contributed by atoms with Gasteiger partial charge < -0.3 is 5.32 Å². The van der Waals surface area contributed by atoms with Crippen molar-refractivity contribution in [3.05, 3.63) is 34.9 Å². The molecule has 0 saturated carbocycles. The Hall–Kier alpha value is -1.68. The Balaban J connectivity index is 2.23. The van der Waals surface area contributed by atoms with Gasteiger partial charge in [-0.15, -0.1) is 0 Å². The van der Waals surface area contributed by atoms with E-state index in [2.05, 4.69) is 44.3 Å². The fraction of sp³-hybridized carbons (Fsp3) is 0.529. The van der Waals surface area contributed by atoms with Crippen molar-refractivity contribution in [1.82, 2.24) is 10.2 Å². The highest BCUT2D eigenvalue weighted by atomic mass is 16.2.